The molecule has 0 radical (unpaired) electrons. The number of anilines is 1. The first-order valence-electron chi connectivity index (χ1n) is 7.18. The van der Waals surface area contributed by atoms with Gasteiger partial charge >= 0.3 is 0 Å². The van der Waals surface area contributed by atoms with Gasteiger partial charge in [0.2, 0.25) is 16.8 Å². The van der Waals surface area contributed by atoms with Gasteiger partial charge in [0.25, 0.3) is 0 Å². The molecule has 0 aliphatic carbocycles. The Morgan fingerprint density at radius 3 is 3.00 bits per heavy atom. The third kappa shape index (κ3) is 3.49. The highest BCUT2D eigenvalue weighted by atomic mass is 35.5. The second-order valence-corrected chi connectivity index (χ2v) is 6.71. The van der Waals surface area contributed by atoms with Gasteiger partial charge in [-0.05, 0) is 24.6 Å². The van der Waals surface area contributed by atoms with E-state index in [4.69, 9.17) is 23.2 Å². The van der Waals surface area contributed by atoms with Crippen molar-refractivity contribution in [3.63, 3.8) is 0 Å². The maximum absolute atomic E-state index is 11.8. The summed E-state index contributed by atoms with van der Waals surface area (Å²) in [6, 6.07) is 5.26. The van der Waals surface area contributed by atoms with Crippen LogP contribution in [0.3, 0.4) is 0 Å². The number of hydrogen-bond donors (Lipinski definition) is 1. The highest BCUT2D eigenvalue weighted by molar-refractivity contribution is 7.15. The Morgan fingerprint density at radius 1 is 1.39 bits per heavy atom. The largest absolute Gasteiger partial charge is 0.293 e. The number of hydrogen-bond acceptors (Lipinski definition) is 4. The average molecular weight is 369 g/mol. The van der Waals surface area contributed by atoms with Crippen molar-refractivity contribution in [3.8, 4) is 11.3 Å². The summed E-state index contributed by atoms with van der Waals surface area (Å²) in [6.45, 7) is 2.04. The molecule has 0 saturated carbocycles. The quantitative estimate of drug-likeness (QED) is 0.696. The molecule has 5 nitrogen and oxygen atoms in total. The highest BCUT2D eigenvalue weighted by Crippen LogP contribution is 2.33. The van der Waals surface area contributed by atoms with E-state index < -0.39 is 0 Å². The minimum Gasteiger partial charge on any atom is -0.293 e. The molecule has 120 valence electrons. The molecule has 0 bridgehead atoms. The van der Waals surface area contributed by atoms with Crippen LogP contribution in [-0.4, -0.2) is 20.5 Å². The van der Waals surface area contributed by atoms with Gasteiger partial charge in [-0.3, -0.25) is 10.1 Å². The van der Waals surface area contributed by atoms with Crippen LogP contribution >= 0.6 is 34.5 Å². The van der Waals surface area contributed by atoms with Crippen molar-refractivity contribution in [1.82, 2.24) is 14.6 Å². The maximum Gasteiger partial charge on any atom is 0.250 e. The number of unbranched alkanes of at least 4 members (excludes halogenated alkanes) is 1. The number of benzene rings is 1. The first-order valence-corrected chi connectivity index (χ1v) is 8.81. The zero-order valence-corrected chi connectivity index (χ0v) is 14.7. The van der Waals surface area contributed by atoms with E-state index in [0.29, 0.717) is 27.4 Å². The number of carbonyl (C=O) groups is 1. The zero-order chi connectivity index (χ0) is 16.4. The Bertz CT molecular complexity index is 858. The molecule has 0 aliphatic heterocycles. The second kappa shape index (κ2) is 6.86. The van der Waals surface area contributed by atoms with Crippen molar-refractivity contribution in [2.24, 2.45) is 0 Å². The van der Waals surface area contributed by atoms with E-state index in [1.165, 1.54) is 11.3 Å². The Kier molecular flexibility index (Phi) is 4.84. The van der Waals surface area contributed by atoms with Crippen LogP contribution in [-0.2, 0) is 4.79 Å². The lowest BCUT2D eigenvalue weighted by molar-refractivity contribution is -0.116. The van der Waals surface area contributed by atoms with Gasteiger partial charge in [0.15, 0.2) is 0 Å². The summed E-state index contributed by atoms with van der Waals surface area (Å²) >= 11 is 13.7. The number of aromatic nitrogens is 3. The predicted octanol–water partition coefficient (Wildman–Crippen LogP) is 4.89. The van der Waals surface area contributed by atoms with E-state index in [9.17, 15) is 4.79 Å². The molecule has 1 aromatic carbocycles. The monoisotopic (exact) mass is 368 g/mol. The summed E-state index contributed by atoms with van der Waals surface area (Å²) < 4.78 is 1.66. The molecule has 1 amide bonds. The molecule has 23 heavy (non-hydrogen) atoms. The van der Waals surface area contributed by atoms with Crippen LogP contribution in [0.5, 0.6) is 0 Å². The van der Waals surface area contributed by atoms with E-state index in [2.05, 4.69) is 15.4 Å². The molecule has 0 unspecified atom stereocenters. The van der Waals surface area contributed by atoms with E-state index >= 15 is 0 Å². The number of thiazole rings is 1. The normalized spacial score (nSPS) is 11.1. The van der Waals surface area contributed by atoms with Crippen LogP contribution in [0.4, 0.5) is 5.95 Å². The third-order valence-corrected chi connectivity index (χ3v) is 4.68. The molecule has 2 aromatic heterocycles. The minimum atomic E-state index is -0.0764. The molecule has 2 heterocycles. The maximum atomic E-state index is 11.8. The number of carbonyl (C=O) groups excluding carboxylic acids is 1. The molecule has 3 aromatic rings. The summed E-state index contributed by atoms with van der Waals surface area (Å²) in [5.41, 5.74) is 1.57. The first-order chi connectivity index (χ1) is 11.1. The summed E-state index contributed by atoms with van der Waals surface area (Å²) in [6.07, 6.45) is 2.28. The van der Waals surface area contributed by atoms with Gasteiger partial charge in [0, 0.05) is 22.4 Å². The number of nitrogens with one attached hydrogen (secondary N) is 1. The van der Waals surface area contributed by atoms with Gasteiger partial charge < -0.3 is 0 Å². The Hall–Kier alpha value is -1.63. The zero-order valence-electron chi connectivity index (χ0n) is 12.3. The summed E-state index contributed by atoms with van der Waals surface area (Å²) in [5, 5.41) is 10.2. The molecule has 3 rings (SSSR count). The van der Waals surface area contributed by atoms with Crippen LogP contribution in [0.1, 0.15) is 26.2 Å². The average Bonchev–Trinajstić information content (AvgIpc) is 3.07. The topological polar surface area (TPSA) is 59.3 Å². The molecule has 0 aliphatic rings. The van der Waals surface area contributed by atoms with Crippen molar-refractivity contribution in [1.29, 1.82) is 0 Å². The predicted molar refractivity (Wildman–Crippen MR) is 94.5 cm³/mol. The van der Waals surface area contributed by atoms with E-state index in [1.54, 1.807) is 22.7 Å². The summed E-state index contributed by atoms with van der Waals surface area (Å²) in [4.78, 5) is 16.8. The van der Waals surface area contributed by atoms with Crippen molar-refractivity contribution < 1.29 is 4.79 Å². The fourth-order valence-corrected chi connectivity index (χ4v) is 3.35. The van der Waals surface area contributed by atoms with Crippen LogP contribution < -0.4 is 5.32 Å². The summed E-state index contributed by atoms with van der Waals surface area (Å²) in [7, 11) is 0. The molecule has 1 N–H and O–H groups in total. The fraction of sp³-hybridized carbons (Fsp3) is 0.267. The highest BCUT2D eigenvalue weighted by Gasteiger charge is 2.15. The standard InChI is InChI=1S/C15H14Cl2N4OS/c1-2-3-4-13(22)18-14-19-15-21(20-14)12(8-23-15)10-7-9(16)5-6-11(10)17/h5-8H,2-4H2,1H3,(H,18,20,22). The van der Waals surface area contributed by atoms with Crippen LogP contribution in [0, 0.1) is 0 Å². The van der Waals surface area contributed by atoms with E-state index in [1.807, 2.05) is 12.3 Å². The van der Waals surface area contributed by atoms with Crippen molar-refractivity contribution in [2.45, 2.75) is 26.2 Å². The SMILES string of the molecule is CCCCC(=O)Nc1nc2scc(-c3cc(Cl)ccc3Cl)n2n1. The van der Waals surface area contributed by atoms with Crippen molar-refractivity contribution in [2.75, 3.05) is 5.32 Å². The van der Waals surface area contributed by atoms with Gasteiger partial charge in [-0.25, -0.2) is 4.52 Å². The number of halogens is 2. The van der Waals surface area contributed by atoms with Crippen LogP contribution in [0.2, 0.25) is 10.0 Å². The minimum absolute atomic E-state index is 0.0764. The molecule has 0 spiro atoms. The van der Waals surface area contributed by atoms with Gasteiger partial charge in [-0.15, -0.1) is 16.4 Å². The van der Waals surface area contributed by atoms with Gasteiger partial charge in [-0.2, -0.15) is 4.98 Å². The third-order valence-electron chi connectivity index (χ3n) is 3.29. The number of rotatable bonds is 5. The molecule has 0 saturated heterocycles. The molecule has 0 atom stereocenters. The van der Waals surface area contributed by atoms with Crippen LogP contribution in [0.15, 0.2) is 23.6 Å². The number of amides is 1. The lowest BCUT2D eigenvalue weighted by atomic mass is 10.2. The van der Waals surface area contributed by atoms with Gasteiger partial charge in [0.1, 0.15) is 0 Å². The Morgan fingerprint density at radius 2 is 2.22 bits per heavy atom. The second-order valence-electron chi connectivity index (χ2n) is 5.03. The van der Waals surface area contributed by atoms with E-state index in [0.717, 1.165) is 24.1 Å². The van der Waals surface area contributed by atoms with Gasteiger partial charge in [0.05, 0.1) is 10.7 Å². The lowest BCUT2D eigenvalue weighted by Crippen LogP contribution is -2.12. The number of fused-ring (bicyclic) bond motifs is 1. The van der Waals surface area contributed by atoms with Crippen molar-refractivity contribution >= 4 is 51.4 Å². The van der Waals surface area contributed by atoms with Gasteiger partial charge in [-0.1, -0.05) is 36.5 Å². The summed E-state index contributed by atoms with van der Waals surface area (Å²) in [5.74, 6) is 0.227. The smallest absolute Gasteiger partial charge is 0.250 e. The lowest BCUT2D eigenvalue weighted by Gasteiger charge is -2.03. The first kappa shape index (κ1) is 16.2. The Balaban J connectivity index is 1.92. The van der Waals surface area contributed by atoms with Crippen molar-refractivity contribution in [3.05, 3.63) is 33.6 Å². The number of nitrogens with zero attached hydrogens (tertiary/aromatic N) is 3. The van der Waals surface area contributed by atoms with Crippen LogP contribution in [0.25, 0.3) is 16.2 Å². The fourth-order valence-electron chi connectivity index (χ4n) is 2.14. The molecule has 0 fully saturated rings. The molecular formula is C15H14Cl2N4OS. The molecule has 8 heteroatoms. The molecular weight excluding hydrogens is 355 g/mol. The Labute approximate surface area is 147 Å². The van der Waals surface area contributed by atoms with E-state index in [-0.39, 0.29) is 5.91 Å².